The largest absolute Gasteiger partial charge is 0.388 e. The van der Waals surface area contributed by atoms with Crippen LogP contribution >= 0.6 is 12.2 Å². The molecule has 0 aliphatic carbocycles. The van der Waals surface area contributed by atoms with Gasteiger partial charge in [-0.2, -0.15) is 0 Å². The van der Waals surface area contributed by atoms with Crippen molar-refractivity contribution in [3.05, 3.63) is 54.1 Å². The highest BCUT2D eigenvalue weighted by molar-refractivity contribution is 7.80. The van der Waals surface area contributed by atoms with E-state index in [0.29, 0.717) is 11.4 Å². The van der Waals surface area contributed by atoms with Crippen LogP contribution in [0.2, 0.25) is 0 Å². The van der Waals surface area contributed by atoms with Crippen LogP contribution in [0.4, 0.5) is 15.8 Å². The number of nitrogens with one attached hydrogen (secondary N) is 1. The lowest BCUT2D eigenvalue weighted by Gasteiger charge is -2.09. The van der Waals surface area contributed by atoms with Crippen LogP contribution in [0.1, 0.15) is 5.69 Å². The lowest BCUT2D eigenvalue weighted by Crippen LogP contribution is -2.13. The Labute approximate surface area is 103 Å². The van der Waals surface area contributed by atoms with Gasteiger partial charge in [0.15, 0.2) is 0 Å². The average molecular weight is 247 g/mol. The van der Waals surface area contributed by atoms with Gasteiger partial charge in [-0.15, -0.1) is 0 Å². The van der Waals surface area contributed by atoms with Gasteiger partial charge in [0, 0.05) is 11.9 Å². The monoisotopic (exact) mass is 247 g/mol. The van der Waals surface area contributed by atoms with Crippen molar-refractivity contribution in [2.75, 3.05) is 5.32 Å². The first kappa shape index (κ1) is 11.5. The molecule has 0 bridgehead atoms. The summed E-state index contributed by atoms with van der Waals surface area (Å²) < 4.78 is 12.8. The molecule has 17 heavy (non-hydrogen) atoms. The number of hydrogen-bond acceptors (Lipinski definition) is 3. The Balaban J connectivity index is 2.30. The number of anilines is 2. The highest BCUT2D eigenvalue weighted by Crippen LogP contribution is 2.19. The third-order valence-electron chi connectivity index (χ3n) is 2.16. The first-order valence-corrected chi connectivity index (χ1v) is 5.35. The third kappa shape index (κ3) is 2.76. The average Bonchev–Trinajstić information content (AvgIpc) is 2.32. The van der Waals surface area contributed by atoms with Crippen LogP contribution in [0.25, 0.3) is 0 Å². The van der Waals surface area contributed by atoms with E-state index in [9.17, 15) is 4.39 Å². The van der Waals surface area contributed by atoms with Gasteiger partial charge in [-0.05, 0) is 36.4 Å². The fourth-order valence-corrected chi connectivity index (χ4v) is 1.55. The van der Waals surface area contributed by atoms with Gasteiger partial charge >= 0.3 is 0 Å². The molecule has 0 aliphatic rings. The first-order valence-electron chi connectivity index (χ1n) is 4.94. The van der Waals surface area contributed by atoms with Gasteiger partial charge in [0.25, 0.3) is 0 Å². The number of thiocarbonyl (C=S) groups is 1. The Morgan fingerprint density at radius 3 is 2.59 bits per heavy atom. The lowest BCUT2D eigenvalue weighted by atomic mass is 10.2. The van der Waals surface area contributed by atoms with Crippen molar-refractivity contribution in [1.82, 2.24) is 4.98 Å². The molecular weight excluding hydrogens is 237 g/mol. The molecule has 1 aromatic heterocycles. The second-order valence-corrected chi connectivity index (χ2v) is 3.84. The summed E-state index contributed by atoms with van der Waals surface area (Å²) in [6, 6.07) is 9.59. The molecule has 5 heteroatoms. The van der Waals surface area contributed by atoms with Crippen LogP contribution in [0, 0.1) is 5.82 Å². The number of pyridine rings is 1. The van der Waals surface area contributed by atoms with Gasteiger partial charge in [0.1, 0.15) is 16.5 Å². The zero-order valence-corrected chi connectivity index (χ0v) is 9.67. The standard InChI is InChI=1S/C12H10FN3S/c13-8-3-5-9(6-4-8)16-10-2-1-7-15-11(10)12(14)17/h1-7,16H,(H2,14,17). The van der Waals surface area contributed by atoms with Crippen molar-refractivity contribution in [2.45, 2.75) is 0 Å². The van der Waals surface area contributed by atoms with Crippen molar-refractivity contribution in [3.63, 3.8) is 0 Å². The Hall–Kier alpha value is -2.01. The summed E-state index contributed by atoms with van der Waals surface area (Å²) in [5.74, 6) is -0.281. The highest BCUT2D eigenvalue weighted by atomic mass is 32.1. The second kappa shape index (κ2) is 4.88. The number of halogens is 1. The molecular formula is C12H10FN3S. The topological polar surface area (TPSA) is 50.9 Å². The van der Waals surface area contributed by atoms with E-state index in [2.05, 4.69) is 10.3 Å². The molecule has 2 aromatic rings. The van der Waals surface area contributed by atoms with E-state index in [0.717, 1.165) is 5.69 Å². The number of aromatic nitrogens is 1. The second-order valence-electron chi connectivity index (χ2n) is 3.40. The molecule has 2 rings (SSSR count). The van der Waals surface area contributed by atoms with Gasteiger partial charge in [0.05, 0.1) is 5.69 Å². The van der Waals surface area contributed by atoms with Crippen molar-refractivity contribution >= 4 is 28.6 Å². The van der Waals surface area contributed by atoms with Crippen molar-refractivity contribution in [3.8, 4) is 0 Å². The minimum absolute atomic E-state index is 0.218. The number of benzene rings is 1. The van der Waals surface area contributed by atoms with Crippen molar-refractivity contribution in [1.29, 1.82) is 0 Å². The molecule has 0 unspecified atom stereocenters. The third-order valence-corrected chi connectivity index (χ3v) is 2.36. The fourth-order valence-electron chi connectivity index (χ4n) is 1.39. The van der Waals surface area contributed by atoms with Gasteiger partial charge in [-0.25, -0.2) is 4.39 Å². The normalized spacial score (nSPS) is 9.94. The van der Waals surface area contributed by atoms with Gasteiger partial charge in [0.2, 0.25) is 0 Å². The molecule has 0 amide bonds. The van der Waals surface area contributed by atoms with E-state index in [1.54, 1.807) is 24.4 Å². The van der Waals surface area contributed by atoms with Gasteiger partial charge < -0.3 is 11.1 Å². The Kier molecular flexibility index (Phi) is 3.30. The molecule has 0 atom stereocenters. The number of nitrogens with two attached hydrogens (primary N) is 1. The molecule has 86 valence electrons. The fraction of sp³-hybridized carbons (Fsp3) is 0. The van der Waals surface area contributed by atoms with Crippen LogP contribution in [-0.2, 0) is 0 Å². The molecule has 0 radical (unpaired) electrons. The maximum Gasteiger partial charge on any atom is 0.124 e. The number of rotatable bonds is 3. The SMILES string of the molecule is NC(=S)c1ncccc1Nc1ccc(F)cc1. The van der Waals surface area contributed by atoms with Crippen LogP contribution in [0.3, 0.4) is 0 Å². The molecule has 1 aromatic carbocycles. The number of nitrogens with zero attached hydrogens (tertiary/aromatic N) is 1. The summed E-state index contributed by atoms with van der Waals surface area (Å²) in [6.07, 6.45) is 1.62. The smallest absolute Gasteiger partial charge is 0.124 e. The maximum atomic E-state index is 12.8. The summed E-state index contributed by atoms with van der Waals surface area (Å²) >= 11 is 4.90. The molecule has 0 aliphatic heterocycles. The van der Waals surface area contributed by atoms with Crippen LogP contribution in [-0.4, -0.2) is 9.97 Å². The predicted molar refractivity (Wildman–Crippen MR) is 69.8 cm³/mol. The Morgan fingerprint density at radius 2 is 1.94 bits per heavy atom. The van der Waals surface area contributed by atoms with Crippen molar-refractivity contribution < 1.29 is 4.39 Å². The van der Waals surface area contributed by atoms with Gasteiger partial charge in [-0.3, -0.25) is 4.98 Å². The number of hydrogen-bond donors (Lipinski definition) is 2. The summed E-state index contributed by atoms with van der Waals surface area (Å²) in [7, 11) is 0. The zero-order chi connectivity index (χ0) is 12.3. The minimum atomic E-state index is -0.281. The van der Waals surface area contributed by atoms with Crippen LogP contribution in [0.15, 0.2) is 42.6 Å². The summed E-state index contributed by atoms with van der Waals surface area (Å²) in [5.41, 5.74) is 7.53. The summed E-state index contributed by atoms with van der Waals surface area (Å²) in [6.45, 7) is 0. The molecule has 3 nitrogen and oxygen atoms in total. The van der Waals surface area contributed by atoms with Gasteiger partial charge in [-0.1, -0.05) is 12.2 Å². The summed E-state index contributed by atoms with van der Waals surface area (Å²) in [4.78, 5) is 4.31. The summed E-state index contributed by atoms with van der Waals surface area (Å²) in [5, 5.41) is 3.08. The molecule has 0 spiro atoms. The quantitative estimate of drug-likeness (QED) is 0.819. The molecule has 1 heterocycles. The molecule has 0 fully saturated rings. The van der Waals surface area contributed by atoms with E-state index >= 15 is 0 Å². The first-order chi connectivity index (χ1) is 8.16. The van der Waals surface area contributed by atoms with Crippen LogP contribution in [0.5, 0.6) is 0 Å². The van der Waals surface area contributed by atoms with E-state index in [-0.39, 0.29) is 10.8 Å². The van der Waals surface area contributed by atoms with E-state index < -0.39 is 0 Å². The van der Waals surface area contributed by atoms with Crippen molar-refractivity contribution in [2.24, 2.45) is 5.73 Å². The molecule has 3 N–H and O–H groups in total. The van der Waals surface area contributed by atoms with E-state index in [4.69, 9.17) is 18.0 Å². The molecule has 0 saturated carbocycles. The zero-order valence-electron chi connectivity index (χ0n) is 8.85. The maximum absolute atomic E-state index is 12.8. The minimum Gasteiger partial charge on any atom is -0.388 e. The highest BCUT2D eigenvalue weighted by Gasteiger charge is 2.05. The van der Waals surface area contributed by atoms with E-state index in [1.165, 1.54) is 12.1 Å². The molecule has 0 saturated heterocycles. The lowest BCUT2D eigenvalue weighted by molar-refractivity contribution is 0.628. The Bertz CT molecular complexity index is 540. The Morgan fingerprint density at radius 1 is 1.24 bits per heavy atom. The van der Waals surface area contributed by atoms with E-state index in [1.807, 2.05) is 6.07 Å². The predicted octanol–water partition coefficient (Wildman–Crippen LogP) is 2.60. The van der Waals surface area contributed by atoms with Crippen LogP contribution < -0.4 is 11.1 Å².